The number of pyridine rings is 1. The van der Waals surface area contributed by atoms with Crippen LogP contribution in [0.25, 0.3) is 0 Å². The smallest absolute Gasteiger partial charge is 0.283 e. The molecule has 1 aliphatic carbocycles. The van der Waals surface area contributed by atoms with Crippen molar-refractivity contribution in [3.05, 3.63) is 64.7 Å². The molecule has 11 heteroatoms. The van der Waals surface area contributed by atoms with Gasteiger partial charge in [0, 0.05) is 23.5 Å². The molecule has 0 saturated heterocycles. The molecule has 2 heterocycles. The highest BCUT2D eigenvalue weighted by Crippen LogP contribution is 2.50. The first kappa shape index (κ1) is 21.0. The second-order valence-corrected chi connectivity index (χ2v) is 7.36. The van der Waals surface area contributed by atoms with Crippen LogP contribution in [0.1, 0.15) is 16.1 Å². The highest BCUT2D eigenvalue weighted by atomic mass is 35.5. The van der Waals surface area contributed by atoms with Crippen molar-refractivity contribution >= 4 is 29.2 Å². The summed E-state index contributed by atoms with van der Waals surface area (Å²) in [5, 5.41) is 2.76. The Morgan fingerprint density at radius 3 is 2.77 bits per heavy atom. The number of amidine groups is 1. The van der Waals surface area contributed by atoms with Gasteiger partial charge in [-0.15, -0.1) is 0 Å². The molecule has 2 aliphatic rings. The van der Waals surface area contributed by atoms with E-state index in [2.05, 4.69) is 15.3 Å². The Balaban J connectivity index is 1.73. The van der Waals surface area contributed by atoms with Crippen LogP contribution in [0.4, 0.5) is 18.9 Å². The molecule has 0 spiro atoms. The molecular weight excluding hydrogens is 437 g/mol. The van der Waals surface area contributed by atoms with Crippen LogP contribution in [0.2, 0.25) is 5.02 Å². The first-order chi connectivity index (χ1) is 14.8. The Hall–Kier alpha value is -3.27. The van der Waals surface area contributed by atoms with Gasteiger partial charge in [-0.1, -0.05) is 17.7 Å². The van der Waals surface area contributed by atoms with Gasteiger partial charge in [0.2, 0.25) is 0 Å². The number of rotatable bonds is 5. The number of carbonyl (C=O) groups excluding carboxylic acids is 1. The number of hydrogen-bond donors (Lipinski definition) is 2. The van der Waals surface area contributed by atoms with Crippen molar-refractivity contribution in [1.29, 1.82) is 0 Å². The van der Waals surface area contributed by atoms with Crippen LogP contribution < -0.4 is 15.8 Å². The normalized spacial score (nSPS) is 24.0. The molecule has 7 nitrogen and oxygen atoms in total. The maximum atomic E-state index is 14.8. The highest BCUT2D eigenvalue weighted by molar-refractivity contribution is 6.30. The molecule has 4 rings (SSSR count). The number of ether oxygens (including phenoxy) is 2. The van der Waals surface area contributed by atoms with E-state index in [1.165, 1.54) is 31.5 Å². The number of carbonyl (C=O) groups is 1. The van der Waals surface area contributed by atoms with E-state index < -0.39 is 47.3 Å². The standard InChI is InChI=1S/C20H16ClF3N4O3/c1-30-15-6-9(21)8-26-16(15)17(29)27-10-2-4-13(22)12(7-10)20(18(23)24)11-3-5-14(11)31-19(25)28-20/h2-8,11,14,18H,1H3,(H2,25,28)(H,27,29). The van der Waals surface area contributed by atoms with Crippen LogP contribution in [0.3, 0.4) is 0 Å². The predicted molar refractivity (Wildman–Crippen MR) is 107 cm³/mol. The topological polar surface area (TPSA) is 98.8 Å². The molecule has 3 N–H and O–H groups in total. The lowest BCUT2D eigenvalue weighted by atomic mass is 9.70. The maximum absolute atomic E-state index is 14.8. The van der Waals surface area contributed by atoms with E-state index in [1.54, 1.807) is 6.08 Å². The number of hydrogen-bond acceptors (Lipinski definition) is 6. The minimum atomic E-state index is -3.09. The molecule has 31 heavy (non-hydrogen) atoms. The fourth-order valence-electron chi connectivity index (χ4n) is 3.64. The zero-order valence-electron chi connectivity index (χ0n) is 16.0. The molecule has 0 saturated carbocycles. The Kier molecular flexibility index (Phi) is 5.26. The molecule has 1 aromatic heterocycles. The molecule has 0 fully saturated rings. The molecular formula is C20H16ClF3N4O3. The number of nitrogens with two attached hydrogens (primary N) is 1. The fourth-order valence-corrected chi connectivity index (χ4v) is 3.79. The summed E-state index contributed by atoms with van der Waals surface area (Å²) in [6, 6.07) is 4.25. The third-order valence-corrected chi connectivity index (χ3v) is 5.37. The van der Waals surface area contributed by atoms with E-state index >= 15 is 0 Å². The SMILES string of the molecule is COc1cc(Cl)cnc1C(=O)Nc1ccc(F)c(C2(C(F)F)N=C(N)OC3C=CC32)c1. The zero-order valence-corrected chi connectivity index (χ0v) is 16.7. The average Bonchev–Trinajstić information content (AvgIpc) is 2.70. The van der Waals surface area contributed by atoms with E-state index in [9.17, 15) is 18.0 Å². The average molecular weight is 453 g/mol. The number of methoxy groups -OCH3 is 1. The van der Waals surface area contributed by atoms with E-state index in [0.29, 0.717) is 0 Å². The summed E-state index contributed by atoms with van der Waals surface area (Å²) in [6.45, 7) is 0. The number of aromatic nitrogens is 1. The van der Waals surface area contributed by atoms with Crippen LogP contribution in [-0.4, -0.2) is 36.6 Å². The number of nitrogens with one attached hydrogen (secondary N) is 1. The number of benzene rings is 1. The highest BCUT2D eigenvalue weighted by Gasteiger charge is 2.57. The lowest BCUT2D eigenvalue weighted by molar-refractivity contribution is -0.0281. The Labute approximate surface area is 179 Å². The largest absolute Gasteiger partial charge is 0.494 e. The van der Waals surface area contributed by atoms with E-state index in [4.69, 9.17) is 26.8 Å². The van der Waals surface area contributed by atoms with Crippen molar-refractivity contribution in [2.24, 2.45) is 16.6 Å². The summed E-state index contributed by atoms with van der Waals surface area (Å²) < 4.78 is 53.7. The van der Waals surface area contributed by atoms with Gasteiger partial charge in [0.1, 0.15) is 11.9 Å². The summed E-state index contributed by atoms with van der Waals surface area (Å²) in [5.41, 5.74) is 2.86. The minimum absolute atomic E-state index is 0.0559. The van der Waals surface area contributed by atoms with Gasteiger partial charge in [-0.25, -0.2) is 23.1 Å². The number of amides is 1. The van der Waals surface area contributed by atoms with Crippen LogP contribution in [0.15, 0.2) is 47.6 Å². The van der Waals surface area contributed by atoms with Gasteiger partial charge >= 0.3 is 0 Å². The zero-order chi connectivity index (χ0) is 22.3. The van der Waals surface area contributed by atoms with Crippen LogP contribution in [0.5, 0.6) is 5.75 Å². The lowest BCUT2D eigenvalue weighted by Crippen LogP contribution is -2.54. The van der Waals surface area contributed by atoms with Crippen LogP contribution in [0, 0.1) is 11.7 Å². The molecule has 1 aliphatic heterocycles. The van der Waals surface area contributed by atoms with Gasteiger partial charge in [-0.05, 0) is 24.3 Å². The van der Waals surface area contributed by atoms with Crippen molar-refractivity contribution in [3.63, 3.8) is 0 Å². The fraction of sp³-hybridized carbons (Fsp3) is 0.250. The van der Waals surface area contributed by atoms with Gasteiger partial charge < -0.3 is 20.5 Å². The molecule has 1 amide bonds. The number of halogens is 4. The van der Waals surface area contributed by atoms with E-state index in [0.717, 1.165) is 12.1 Å². The third-order valence-electron chi connectivity index (χ3n) is 5.16. The summed E-state index contributed by atoms with van der Waals surface area (Å²) in [7, 11) is 1.34. The minimum Gasteiger partial charge on any atom is -0.494 e. The Morgan fingerprint density at radius 1 is 1.35 bits per heavy atom. The molecule has 2 aromatic rings. The molecule has 3 atom stereocenters. The van der Waals surface area contributed by atoms with Gasteiger partial charge in [0.05, 0.1) is 18.1 Å². The van der Waals surface area contributed by atoms with Crippen molar-refractivity contribution < 1.29 is 27.4 Å². The Bertz CT molecular complexity index is 1110. The van der Waals surface area contributed by atoms with Gasteiger partial charge in [-0.3, -0.25) is 4.79 Å². The van der Waals surface area contributed by atoms with Crippen molar-refractivity contribution in [1.82, 2.24) is 4.98 Å². The maximum Gasteiger partial charge on any atom is 0.283 e. The van der Waals surface area contributed by atoms with Gasteiger partial charge in [0.25, 0.3) is 18.4 Å². The number of fused-ring (bicyclic) bond motifs is 1. The van der Waals surface area contributed by atoms with Crippen LogP contribution >= 0.6 is 11.6 Å². The monoisotopic (exact) mass is 452 g/mol. The number of alkyl halides is 2. The number of nitrogens with zero attached hydrogens (tertiary/aromatic N) is 2. The molecule has 0 bridgehead atoms. The Morgan fingerprint density at radius 2 is 2.13 bits per heavy atom. The van der Waals surface area contributed by atoms with Crippen molar-refractivity contribution in [2.75, 3.05) is 12.4 Å². The quantitative estimate of drug-likeness (QED) is 0.676. The number of anilines is 1. The summed E-state index contributed by atoms with van der Waals surface area (Å²) in [5.74, 6) is -2.43. The molecule has 3 unspecified atom stereocenters. The second-order valence-electron chi connectivity index (χ2n) is 6.92. The van der Waals surface area contributed by atoms with Gasteiger partial charge in [-0.2, -0.15) is 0 Å². The molecule has 162 valence electrons. The van der Waals surface area contributed by atoms with Crippen molar-refractivity contribution in [2.45, 2.75) is 18.1 Å². The predicted octanol–water partition coefficient (Wildman–Crippen LogP) is 3.49. The molecule has 1 aromatic carbocycles. The second kappa shape index (κ2) is 7.77. The first-order valence-corrected chi connectivity index (χ1v) is 9.43. The summed E-state index contributed by atoms with van der Waals surface area (Å²) in [4.78, 5) is 20.4. The van der Waals surface area contributed by atoms with E-state index in [-0.39, 0.29) is 22.2 Å². The third kappa shape index (κ3) is 3.46. The van der Waals surface area contributed by atoms with Crippen LogP contribution in [-0.2, 0) is 10.3 Å². The molecule has 0 radical (unpaired) electrons. The number of aliphatic imine (C=N–C) groups is 1. The first-order valence-electron chi connectivity index (χ1n) is 9.05. The van der Waals surface area contributed by atoms with Gasteiger partial charge in [0.15, 0.2) is 17.0 Å². The summed E-state index contributed by atoms with van der Waals surface area (Å²) in [6.07, 6.45) is 0.437. The lowest BCUT2D eigenvalue weighted by Gasteiger charge is -2.46. The van der Waals surface area contributed by atoms with E-state index in [1.807, 2.05) is 0 Å². The summed E-state index contributed by atoms with van der Waals surface area (Å²) >= 11 is 5.85. The van der Waals surface area contributed by atoms with Crippen molar-refractivity contribution in [3.8, 4) is 5.75 Å².